The minimum atomic E-state index is -2.78. The van der Waals surface area contributed by atoms with E-state index in [4.69, 9.17) is 33.4 Å². The number of aromatic nitrogens is 6. The summed E-state index contributed by atoms with van der Waals surface area (Å²) in [5.41, 5.74) is 6.61. The Hall–Kier alpha value is -7.33. The summed E-state index contributed by atoms with van der Waals surface area (Å²) in [6.45, 7) is 3.62. The molecule has 0 saturated heterocycles. The second-order valence-electron chi connectivity index (χ2n) is 15.5. The smallest absolute Gasteiger partial charge is 0.281 e. The molecule has 0 radical (unpaired) electrons. The number of aldehydes is 1. The number of hydrogen-bond acceptors (Lipinski definition) is 5. The number of carbonyl (C=O) groups is 1. The third-order valence-electron chi connectivity index (χ3n) is 11.8. The first kappa shape index (κ1) is 42.9. The maximum Gasteiger partial charge on any atom is 0.281 e. The van der Waals surface area contributed by atoms with Gasteiger partial charge in [0, 0.05) is 12.1 Å². The molecule has 0 spiro atoms. The molecule has 0 bridgehead atoms. The van der Waals surface area contributed by atoms with Crippen LogP contribution in [0.15, 0.2) is 194 Å². The highest BCUT2D eigenvalue weighted by Gasteiger charge is 2.43. The minimum absolute atomic E-state index is 0.00188. The molecule has 0 atom stereocenters. The highest BCUT2D eigenvalue weighted by Crippen LogP contribution is 2.45. The van der Waals surface area contributed by atoms with Crippen LogP contribution >= 0.6 is 23.2 Å². The fraction of sp³-hybridized carbons (Fsp3) is 0.0926. The predicted octanol–water partition coefficient (Wildman–Crippen LogP) is 13.2. The lowest BCUT2D eigenvalue weighted by Crippen LogP contribution is -2.38. The van der Waals surface area contributed by atoms with E-state index in [-0.39, 0.29) is 16.0 Å². The van der Waals surface area contributed by atoms with Gasteiger partial charge in [0.1, 0.15) is 32.8 Å². The van der Waals surface area contributed by atoms with E-state index < -0.39 is 17.5 Å². The lowest BCUT2D eigenvalue weighted by atomic mass is 9.77. The van der Waals surface area contributed by atoms with Crippen molar-refractivity contribution in [3.8, 4) is 0 Å². The number of hydrogen-bond donors (Lipinski definition) is 0. The molecule has 0 aliphatic rings. The highest BCUT2D eigenvalue weighted by atomic mass is 35.5. The first-order valence-corrected chi connectivity index (χ1v) is 21.6. The molecule has 0 aliphatic heterocycles. The number of benzene rings is 6. The van der Waals surface area contributed by atoms with Crippen LogP contribution in [0.2, 0.25) is 10.3 Å². The van der Waals surface area contributed by atoms with E-state index in [9.17, 15) is 13.6 Å². The monoisotopic (exact) mass is 896 g/mol. The van der Waals surface area contributed by atoms with E-state index in [0.29, 0.717) is 27.7 Å². The molecule has 320 valence electrons. The van der Waals surface area contributed by atoms with Crippen LogP contribution < -0.4 is 0 Å². The Labute approximate surface area is 384 Å². The normalized spacial score (nSPS) is 11.7. The summed E-state index contributed by atoms with van der Waals surface area (Å²) in [6.07, 6.45) is -2.04. The van der Waals surface area contributed by atoms with Gasteiger partial charge in [0.25, 0.3) is 6.43 Å². The molecule has 0 amide bonds. The van der Waals surface area contributed by atoms with Crippen LogP contribution in [0.3, 0.4) is 0 Å². The molecule has 65 heavy (non-hydrogen) atoms. The molecule has 7 nitrogen and oxygen atoms in total. The van der Waals surface area contributed by atoms with Crippen molar-refractivity contribution in [3.05, 3.63) is 261 Å². The summed E-state index contributed by atoms with van der Waals surface area (Å²) in [5.74, 6) is 0. The zero-order valence-electron chi connectivity index (χ0n) is 35.2. The Morgan fingerprint density at radius 2 is 0.769 bits per heavy atom. The molecule has 4 aromatic heterocycles. The van der Waals surface area contributed by atoms with E-state index in [2.05, 4.69) is 46.4 Å². The van der Waals surface area contributed by atoms with Gasteiger partial charge in [-0.05, 0) is 47.2 Å². The molecule has 4 heterocycles. The topological polar surface area (TPSA) is 78.5 Å². The average Bonchev–Trinajstić information content (AvgIpc) is 3.86. The second-order valence-corrected chi connectivity index (χ2v) is 16.3. The molecule has 0 N–H and O–H groups in total. The fourth-order valence-corrected chi connectivity index (χ4v) is 9.58. The van der Waals surface area contributed by atoms with Gasteiger partial charge >= 0.3 is 0 Å². The number of nitrogens with zero attached hydrogens (tertiary/aromatic N) is 6. The van der Waals surface area contributed by atoms with E-state index in [1.807, 2.05) is 162 Å². The number of alkyl halides is 2. The third-order valence-corrected chi connectivity index (χ3v) is 12.2. The molecule has 6 aromatic carbocycles. The molecule has 0 fully saturated rings. The summed E-state index contributed by atoms with van der Waals surface area (Å²) < 4.78 is 31.7. The zero-order valence-corrected chi connectivity index (χ0v) is 36.7. The van der Waals surface area contributed by atoms with Gasteiger partial charge in [0.2, 0.25) is 0 Å². The maximum absolute atomic E-state index is 14.0. The molecule has 11 heteroatoms. The van der Waals surface area contributed by atoms with Crippen molar-refractivity contribution in [2.45, 2.75) is 31.4 Å². The molecule has 10 aromatic rings. The number of carbonyl (C=O) groups excluding carboxylic acids is 1. The number of aryl methyl sites for hydroxylation is 2. The van der Waals surface area contributed by atoms with Crippen molar-refractivity contribution < 1.29 is 13.6 Å². The van der Waals surface area contributed by atoms with E-state index in [0.717, 1.165) is 50.9 Å². The molecule has 0 unspecified atom stereocenters. The lowest BCUT2D eigenvalue weighted by Gasteiger charge is -2.37. The molecule has 0 saturated carbocycles. The summed E-state index contributed by atoms with van der Waals surface area (Å²) in [5, 5.41) is 11.1. The van der Waals surface area contributed by atoms with Gasteiger partial charge in [-0.15, -0.1) is 0 Å². The quantitative estimate of drug-likeness (QED) is 0.0776. The molecule has 0 aliphatic carbocycles. The number of fused-ring (bicyclic) bond motifs is 2. The Morgan fingerprint density at radius 3 is 1.08 bits per heavy atom. The SMILES string of the molecule is Cc1nn(C(c2ccccc2)(c2ccccc2)c2ccccc2)c2cc(Cl)nc(C(F)F)c12.Cc1nn(C(c2ccccc2)(c2ccccc2)c2ccccc2)c2cc(Cl)nc(C=O)c12. The lowest BCUT2D eigenvalue weighted by molar-refractivity contribution is 0.112. The minimum Gasteiger partial charge on any atom is -0.296 e. The Bertz CT molecular complexity index is 3050. The Balaban J connectivity index is 0.000000164. The van der Waals surface area contributed by atoms with Crippen molar-refractivity contribution in [2.75, 3.05) is 0 Å². The summed E-state index contributed by atoms with van der Waals surface area (Å²) in [7, 11) is 0. The van der Waals surface area contributed by atoms with Crippen LogP contribution in [0, 0.1) is 13.8 Å². The van der Waals surface area contributed by atoms with Crippen molar-refractivity contribution in [2.24, 2.45) is 0 Å². The van der Waals surface area contributed by atoms with Crippen LogP contribution in [0.1, 0.15) is 67.4 Å². The summed E-state index contributed by atoms with van der Waals surface area (Å²) >= 11 is 12.6. The summed E-state index contributed by atoms with van der Waals surface area (Å²) in [6, 6.07) is 64.0. The average molecular weight is 898 g/mol. The van der Waals surface area contributed by atoms with Crippen LogP contribution in [-0.2, 0) is 11.1 Å². The van der Waals surface area contributed by atoms with Gasteiger partial charge in [-0.25, -0.2) is 28.1 Å². The van der Waals surface area contributed by atoms with E-state index in [1.54, 1.807) is 19.1 Å². The third kappa shape index (κ3) is 7.46. The molecule has 10 rings (SSSR count). The van der Waals surface area contributed by atoms with Crippen molar-refractivity contribution in [1.82, 2.24) is 29.5 Å². The highest BCUT2D eigenvalue weighted by molar-refractivity contribution is 6.30. The van der Waals surface area contributed by atoms with E-state index >= 15 is 0 Å². The largest absolute Gasteiger partial charge is 0.296 e. The number of rotatable bonds is 10. The standard InChI is InChI=1S/C27H20ClF2N3.C27H20ClN3O/c1-18-24-22(17-23(28)31-25(24)26(29)30)33(32-18)27(19-11-5-2-6-12-19,20-13-7-3-8-14-20)21-15-9-4-10-16-21;1-19-26-23(18-32)29-25(28)17-24(26)31(30-19)27(20-11-5-2-6-12-20,21-13-7-3-8-14-21)22-15-9-4-10-16-22/h2-17,26H,1H3;2-18H,1H3. The van der Waals surface area contributed by atoms with Gasteiger partial charge < -0.3 is 0 Å². The van der Waals surface area contributed by atoms with E-state index in [1.165, 1.54) is 0 Å². The molecular formula is C54H40Cl2F2N6O. The van der Waals surface area contributed by atoms with Gasteiger partial charge in [-0.1, -0.05) is 205 Å². The van der Waals surface area contributed by atoms with Gasteiger partial charge in [-0.2, -0.15) is 10.2 Å². The van der Waals surface area contributed by atoms with Gasteiger partial charge in [-0.3, -0.25) is 4.79 Å². The van der Waals surface area contributed by atoms with Gasteiger partial charge in [0.15, 0.2) is 6.29 Å². The second kappa shape index (κ2) is 18.0. The fourth-order valence-electron chi connectivity index (χ4n) is 9.19. The van der Waals surface area contributed by atoms with Crippen LogP contribution in [0.4, 0.5) is 8.78 Å². The Kier molecular flexibility index (Phi) is 11.9. The molecular weight excluding hydrogens is 858 g/mol. The van der Waals surface area contributed by atoms with Crippen molar-refractivity contribution in [1.29, 1.82) is 0 Å². The van der Waals surface area contributed by atoms with Crippen LogP contribution in [0.5, 0.6) is 0 Å². The number of halogens is 4. The Morgan fingerprint density at radius 1 is 0.477 bits per heavy atom. The van der Waals surface area contributed by atoms with Crippen LogP contribution in [-0.4, -0.2) is 35.8 Å². The van der Waals surface area contributed by atoms with Crippen molar-refractivity contribution in [3.63, 3.8) is 0 Å². The first-order valence-electron chi connectivity index (χ1n) is 20.9. The van der Waals surface area contributed by atoms with Gasteiger partial charge in [0.05, 0.1) is 33.2 Å². The van der Waals surface area contributed by atoms with Crippen molar-refractivity contribution >= 4 is 51.3 Å². The first-order chi connectivity index (χ1) is 31.7. The maximum atomic E-state index is 14.0. The predicted molar refractivity (Wildman–Crippen MR) is 254 cm³/mol. The van der Waals surface area contributed by atoms with Crippen LogP contribution in [0.25, 0.3) is 21.8 Å². The summed E-state index contributed by atoms with van der Waals surface area (Å²) in [4.78, 5) is 20.0. The zero-order chi connectivity index (χ0) is 45.1. The number of pyridine rings is 2.